The summed E-state index contributed by atoms with van der Waals surface area (Å²) in [5, 5.41) is 5.70. The van der Waals surface area contributed by atoms with Gasteiger partial charge in [0.25, 0.3) is 11.8 Å². The van der Waals surface area contributed by atoms with E-state index in [2.05, 4.69) is 54.3 Å². The Hall–Kier alpha value is -1.62. The van der Waals surface area contributed by atoms with E-state index in [0.29, 0.717) is 24.9 Å². The van der Waals surface area contributed by atoms with E-state index in [1.807, 2.05) is 24.3 Å². The van der Waals surface area contributed by atoms with Gasteiger partial charge in [-0.25, -0.2) is 0 Å². The third kappa shape index (κ3) is 8.87. The van der Waals surface area contributed by atoms with E-state index in [1.165, 1.54) is 0 Å². The fraction of sp³-hybridized carbons (Fsp3) is 0.500. The van der Waals surface area contributed by atoms with Crippen molar-refractivity contribution in [3.63, 3.8) is 0 Å². The van der Waals surface area contributed by atoms with Crippen LogP contribution in [0.5, 0.6) is 0 Å². The SMILES string of the molecule is CC(C)CCNC(=O)C(=Cc1ccc(Br)cc1)C(=O)NCCC(C)C. The predicted molar refractivity (Wildman–Crippen MR) is 107 cm³/mol. The minimum atomic E-state index is -0.328. The molecule has 1 aromatic carbocycles. The van der Waals surface area contributed by atoms with Gasteiger partial charge in [0.1, 0.15) is 5.57 Å². The first-order valence-electron chi connectivity index (χ1n) is 8.83. The van der Waals surface area contributed by atoms with Crippen LogP contribution in [0.15, 0.2) is 34.3 Å². The Labute approximate surface area is 159 Å². The van der Waals surface area contributed by atoms with E-state index in [4.69, 9.17) is 0 Å². The highest BCUT2D eigenvalue weighted by Crippen LogP contribution is 2.14. The topological polar surface area (TPSA) is 58.2 Å². The van der Waals surface area contributed by atoms with Gasteiger partial charge in [-0.05, 0) is 48.4 Å². The Bertz CT molecular complexity index is 564. The molecule has 0 bridgehead atoms. The van der Waals surface area contributed by atoms with Crippen molar-refractivity contribution in [3.8, 4) is 0 Å². The average Bonchev–Trinajstić information content (AvgIpc) is 2.53. The summed E-state index contributed by atoms with van der Waals surface area (Å²) in [7, 11) is 0. The van der Waals surface area contributed by atoms with Crippen molar-refractivity contribution in [1.82, 2.24) is 10.6 Å². The molecule has 0 spiro atoms. The van der Waals surface area contributed by atoms with Crippen LogP contribution in [-0.2, 0) is 9.59 Å². The number of halogens is 1. The monoisotopic (exact) mass is 408 g/mol. The van der Waals surface area contributed by atoms with Crippen LogP contribution in [0.25, 0.3) is 6.08 Å². The number of carbonyl (C=O) groups is 2. The van der Waals surface area contributed by atoms with Gasteiger partial charge < -0.3 is 10.6 Å². The summed E-state index contributed by atoms with van der Waals surface area (Å²) in [6.45, 7) is 9.53. The zero-order valence-corrected chi connectivity index (χ0v) is 17.2. The van der Waals surface area contributed by atoms with Gasteiger partial charge in [-0.2, -0.15) is 0 Å². The van der Waals surface area contributed by atoms with Gasteiger partial charge in [-0.1, -0.05) is 55.8 Å². The molecule has 0 aliphatic rings. The van der Waals surface area contributed by atoms with Crippen molar-refractivity contribution in [2.24, 2.45) is 11.8 Å². The summed E-state index contributed by atoms with van der Waals surface area (Å²) in [6.07, 6.45) is 3.40. The first kappa shape index (κ1) is 21.4. The van der Waals surface area contributed by atoms with Gasteiger partial charge in [0.15, 0.2) is 0 Å². The van der Waals surface area contributed by atoms with E-state index in [1.54, 1.807) is 6.08 Å². The molecule has 5 heteroatoms. The lowest BCUT2D eigenvalue weighted by Crippen LogP contribution is -2.36. The Morgan fingerprint density at radius 2 is 1.36 bits per heavy atom. The summed E-state index contributed by atoms with van der Waals surface area (Å²) in [6, 6.07) is 7.51. The Kier molecular flexibility index (Phi) is 9.50. The third-order valence-electron chi connectivity index (χ3n) is 3.68. The first-order chi connectivity index (χ1) is 11.8. The summed E-state index contributed by atoms with van der Waals surface area (Å²) in [5.41, 5.74) is 0.964. The van der Waals surface area contributed by atoms with Gasteiger partial charge >= 0.3 is 0 Å². The second-order valence-corrected chi connectivity index (χ2v) is 7.90. The molecule has 0 heterocycles. The van der Waals surface area contributed by atoms with Crippen molar-refractivity contribution < 1.29 is 9.59 Å². The second kappa shape index (κ2) is 11.1. The van der Waals surface area contributed by atoms with Crippen LogP contribution in [-0.4, -0.2) is 24.9 Å². The minimum Gasteiger partial charge on any atom is -0.352 e. The van der Waals surface area contributed by atoms with Crippen LogP contribution in [0.3, 0.4) is 0 Å². The number of hydrogen-bond acceptors (Lipinski definition) is 2. The maximum absolute atomic E-state index is 12.5. The van der Waals surface area contributed by atoms with E-state index in [-0.39, 0.29) is 17.4 Å². The van der Waals surface area contributed by atoms with Crippen LogP contribution < -0.4 is 10.6 Å². The zero-order valence-electron chi connectivity index (χ0n) is 15.6. The molecule has 2 N–H and O–H groups in total. The molecule has 4 nitrogen and oxygen atoms in total. The summed E-state index contributed by atoms with van der Waals surface area (Å²) >= 11 is 3.39. The van der Waals surface area contributed by atoms with Gasteiger partial charge in [0.2, 0.25) is 0 Å². The fourth-order valence-electron chi connectivity index (χ4n) is 2.10. The molecule has 1 rings (SSSR count). The zero-order chi connectivity index (χ0) is 18.8. The molecule has 25 heavy (non-hydrogen) atoms. The summed E-state index contributed by atoms with van der Waals surface area (Å²) < 4.78 is 0.953. The molecule has 1 aromatic rings. The molecular weight excluding hydrogens is 380 g/mol. The molecular formula is C20H29BrN2O2. The molecule has 0 saturated heterocycles. The maximum Gasteiger partial charge on any atom is 0.256 e. The van der Waals surface area contributed by atoms with Crippen molar-refractivity contribution in [3.05, 3.63) is 39.9 Å². The Balaban J connectivity index is 2.86. The standard InChI is InChI=1S/C20H29BrN2O2/c1-14(2)9-11-22-19(24)18(20(25)23-12-10-15(3)4)13-16-5-7-17(21)8-6-16/h5-8,13-15H,9-12H2,1-4H3,(H,22,24)(H,23,25). The minimum absolute atomic E-state index is 0.148. The quantitative estimate of drug-likeness (QED) is 0.366. The smallest absolute Gasteiger partial charge is 0.256 e. The summed E-state index contributed by atoms with van der Waals surface area (Å²) in [5.74, 6) is 0.342. The first-order valence-corrected chi connectivity index (χ1v) is 9.62. The number of nitrogens with one attached hydrogen (secondary N) is 2. The second-order valence-electron chi connectivity index (χ2n) is 6.99. The number of rotatable bonds is 9. The highest BCUT2D eigenvalue weighted by Gasteiger charge is 2.18. The number of benzene rings is 1. The molecule has 0 atom stereocenters. The normalized spacial score (nSPS) is 10.7. The number of carbonyl (C=O) groups excluding carboxylic acids is 2. The van der Waals surface area contributed by atoms with Crippen LogP contribution in [0.2, 0.25) is 0 Å². The third-order valence-corrected chi connectivity index (χ3v) is 4.21. The van der Waals surface area contributed by atoms with Crippen LogP contribution in [0, 0.1) is 11.8 Å². The highest BCUT2D eigenvalue weighted by molar-refractivity contribution is 9.10. The highest BCUT2D eigenvalue weighted by atomic mass is 79.9. The Morgan fingerprint density at radius 1 is 0.920 bits per heavy atom. The lowest BCUT2D eigenvalue weighted by atomic mass is 10.1. The van der Waals surface area contributed by atoms with Crippen molar-refractivity contribution in [1.29, 1.82) is 0 Å². The van der Waals surface area contributed by atoms with Gasteiger partial charge in [0, 0.05) is 17.6 Å². The van der Waals surface area contributed by atoms with E-state index >= 15 is 0 Å². The largest absolute Gasteiger partial charge is 0.352 e. The van der Waals surface area contributed by atoms with E-state index in [0.717, 1.165) is 22.9 Å². The van der Waals surface area contributed by atoms with Gasteiger partial charge in [0.05, 0.1) is 0 Å². The lowest BCUT2D eigenvalue weighted by molar-refractivity contribution is -0.123. The van der Waals surface area contributed by atoms with E-state index < -0.39 is 0 Å². The predicted octanol–water partition coefficient (Wildman–Crippen LogP) is 4.16. The van der Waals surface area contributed by atoms with E-state index in [9.17, 15) is 9.59 Å². The maximum atomic E-state index is 12.5. The molecule has 0 aromatic heterocycles. The van der Waals surface area contributed by atoms with Gasteiger partial charge in [-0.3, -0.25) is 9.59 Å². The molecule has 0 saturated carbocycles. The lowest BCUT2D eigenvalue weighted by Gasteiger charge is -2.12. The molecule has 0 radical (unpaired) electrons. The van der Waals surface area contributed by atoms with Crippen LogP contribution in [0.4, 0.5) is 0 Å². The molecule has 0 aliphatic heterocycles. The molecule has 0 unspecified atom stereocenters. The molecule has 0 fully saturated rings. The Morgan fingerprint density at radius 3 is 1.76 bits per heavy atom. The fourth-order valence-corrected chi connectivity index (χ4v) is 2.36. The molecule has 2 amide bonds. The summed E-state index contributed by atoms with van der Waals surface area (Å²) in [4.78, 5) is 25.0. The van der Waals surface area contributed by atoms with Crippen molar-refractivity contribution in [2.75, 3.05) is 13.1 Å². The molecule has 0 aliphatic carbocycles. The van der Waals surface area contributed by atoms with Crippen LogP contribution >= 0.6 is 15.9 Å². The average molecular weight is 409 g/mol. The van der Waals surface area contributed by atoms with Crippen molar-refractivity contribution >= 4 is 33.8 Å². The number of amides is 2. The van der Waals surface area contributed by atoms with Gasteiger partial charge in [-0.15, -0.1) is 0 Å². The number of hydrogen-bond donors (Lipinski definition) is 2. The van der Waals surface area contributed by atoms with Crippen LogP contribution in [0.1, 0.15) is 46.1 Å². The molecule has 138 valence electrons. The van der Waals surface area contributed by atoms with Crippen molar-refractivity contribution in [2.45, 2.75) is 40.5 Å².